The van der Waals surface area contributed by atoms with Crippen molar-refractivity contribution in [1.82, 2.24) is 14.5 Å². The predicted octanol–water partition coefficient (Wildman–Crippen LogP) is 4.64. The zero-order chi connectivity index (χ0) is 13.6. The normalized spacial score (nSPS) is 11.1. The van der Waals surface area contributed by atoms with E-state index in [0.29, 0.717) is 26.6 Å². The highest BCUT2D eigenvalue weighted by Gasteiger charge is 2.12. The maximum absolute atomic E-state index is 14.0. The molecule has 19 heavy (non-hydrogen) atoms. The summed E-state index contributed by atoms with van der Waals surface area (Å²) in [6.07, 6.45) is 1.50. The second kappa shape index (κ2) is 4.70. The fraction of sp³-hybridized carbons (Fsp3) is 0. The van der Waals surface area contributed by atoms with Crippen LogP contribution >= 0.6 is 39.7 Å². The molecule has 1 N–H and O–H groups in total. The maximum Gasteiger partial charge on any atom is 0.184 e. The number of hydrogen-bond donors (Lipinski definition) is 1. The van der Waals surface area contributed by atoms with Crippen molar-refractivity contribution in [3.05, 3.63) is 50.5 Å². The third-order valence-electron chi connectivity index (χ3n) is 2.64. The Balaban J connectivity index is 2.39. The quantitative estimate of drug-likeness (QED) is 0.643. The molecule has 1 aromatic carbocycles. The molecule has 3 aromatic rings. The maximum atomic E-state index is 14.0. The fourth-order valence-electron chi connectivity index (χ4n) is 1.85. The Kier molecular flexibility index (Phi) is 3.16. The van der Waals surface area contributed by atoms with Crippen LogP contribution < -0.4 is 0 Å². The van der Waals surface area contributed by atoms with Crippen LogP contribution in [-0.2, 0) is 0 Å². The van der Waals surface area contributed by atoms with Crippen molar-refractivity contribution in [1.29, 1.82) is 0 Å². The molecule has 7 heteroatoms. The van der Waals surface area contributed by atoms with Gasteiger partial charge in [-0.2, -0.15) is 0 Å². The van der Waals surface area contributed by atoms with Crippen LogP contribution in [0.4, 0.5) is 4.39 Å². The first-order valence-corrected chi connectivity index (χ1v) is 6.86. The van der Waals surface area contributed by atoms with Gasteiger partial charge in [0.05, 0.1) is 16.2 Å². The molecule has 3 rings (SSSR count). The molecule has 2 aromatic heterocycles. The summed E-state index contributed by atoms with van der Waals surface area (Å²) in [4.78, 5) is 7.16. The molecule has 0 fully saturated rings. The molecule has 0 atom stereocenters. The number of imidazole rings is 1. The summed E-state index contributed by atoms with van der Waals surface area (Å²) in [7, 11) is 0. The molecule has 3 nitrogen and oxygen atoms in total. The van der Waals surface area contributed by atoms with E-state index in [1.165, 1.54) is 12.3 Å². The van der Waals surface area contributed by atoms with Crippen molar-refractivity contribution in [3.63, 3.8) is 0 Å². The minimum Gasteiger partial charge on any atom is -0.329 e. The number of H-pyrrole nitrogens is 1. The van der Waals surface area contributed by atoms with Crippen molar-refractivity contribution >= 4 is 50.9 Å². The van der Waals surface area contributed by atoms with Gasteiger partial charge in [-0.3, -0.25) is 4.57 Å². The Labute approximate surface area is 126 Å². The highest BCUT2D eigenvalue weighted by molar-refractivity contribution is 9.10. The number of aromatic nitrogens is 3. The van der Waals surface area contributed by atoms with Gasteiger partial charge in [0.2, 0.25) is 0 Å². The number of hydrogen-bond acceptors (Lipinski definition) is 2. The average Bonchev–Trinajstić information content (AvgIpc) is 2.67. The molecule has 0 aliphatic carbocycles. The summed E-state index contributed by atoms with van der Waals surface area (Å²) in [6, 6.07) is 6.35. The van der Waals surface area contributed by atoms with Crippen LogP contribution in [0.2, 0.25) is 5.02 Å². The predicted molar refractivity (Wildman–Crippen MR) is 78.9 cm³/mol. The van der Waals surface area contributed by atoms with E-state index >= 15 is 0 Å². The van der Waals surface area contributed by atoms with Crippen LogP contribution in [0.3, 0.4) is 0 Å². The molecular weight excluding hydrogens is 353 g/mol. The van der Waals surface area contributed by atoms with Gasteiger partial charge in [0.15, 0.2) is 10.4 Å². The summed E-state index contributed by atoms with van der Waals surface area (Å²) >= 11 is 14.4. The number of rotatable bonds is 1. The number of nitrogens with zero attached hydrogens (tertiary/aromatic N) is 2. The summed E-state index contributed by atoms with van der Waals surface area (Å²) in [5.41, 5.74) is 1.53. The van der Waals surface area contributed by atoms with Crippen LogP contribution in [0, 0.1) is 10.6 Å². The molecule has 0 radical (unpaired) electrons. The fourth-order valence-corrected chi connectivity index (χ4v) is 2.65. The molecule has 0 bridgehead atoms. The van der Waals surface area contributed by atoms with Gasteiger partial charge in [-0.25, -0.2) is 9.37 Å². The number of halogens is 3. The smallest absolute Gasteiger partial charge is 0.184 e. The SMILES string of the molecule is Fc1ccc(Br)cc1-n1c(=S)[nH]c2cc(Cl)cnc21. The van der Waals surface area contributed by atoms with E-state index < -0.39 is 0 Å². The van der Waals surface area contributed by atoms with Crippen molar-refractivity contribution in [2.24, 2.45) is 0 Å². The molecule has 0 saturated carbocycles. The van der Waals surface area contributed by atoms with Gasteiger partial charge in [0.1, 0.15) is 5.82 Å². The van der Waals surface area contributed by atoms with Gasteiger partial charge in [-0.05, 0) is 36.5 Å². The number of pyridine rings is 1. The topological polar surface area (TPSA) is 33.6 Å². The van der Waals surface area contributed by atoms with Crippen molar-refractivity contribution in [3.8, 4) is 5.69 Å². The van der Waals surface area contributed by atoms with E-state index in [9.17, 15) is 4.39 Å². The lowest BCUT2D eigenvalue weighted by Crippen LogP contribution is -1.99. The molecule has 0 unspecified atom stereocenters. The number of fused-ring (bicyclic) bond motifs is 1. The first-order valence-electron chi connectivity index (χ1n) is 5.28. The molecular formula is C12H6BrClFN3S. The van der Waals surface area contributed by atoms with Gasteiger partial charge < -0.3 is 4.98 Å². The van der Waals surface area contributed by atoms with Crippen molar-refractivity contribution < 1.29 is 4.39 Å². The van der Waals surface area contributed by atoms with Gasteiger partial charge in [-0.1, -0.05) is 27.5 Å². The molecule has 0 aliphatic heterocycles. The zero-order valence-electron chi connectivity index (χ0n) is 9.32. The van der Waals surface area contributed by atoms with Crippen molar-refractivity contribution in [2.45, 2.75) is 0 Å². The van der Waals surface area contributed by atoms with Gasteiger partial charge >= 0.3 is 0 Å². The van der Waals surface area contributed by atoms with Gasteiger partial charge in [0.25, 0.3) is 0 Å². The third-order valence-corrected chi connectivity index (χ3v) is 3.62. The molecule has 0 saturated heterocycles. The lowest BCUT2D eigenvalue weighted by atomic mass is 10.3. The Morgan fingerprint density at radius 1 is 1.37 bits per heavy atom. The molecule has 0 aliphatic rings. The van der Waals surface area contributed by atoms with Crippen LogP contribution in [0.25, 0.3) is 16.9 Å². The summed E-state index contributed by atoms with van der Waals surface area (Å²) in [5, 5.41) is 0.491. The molecule has 0 amide bonds. The Bertz CT molecular complexity index is 843. The molecule has 2 heterocycles. The first-order chi connectivity index (χ1) is 9.06. The van der Waals surface area contributed by atoms with E-state index in [1.54, 1.807) is 22.8 Å². The average molecular weight is 359 g/mol. The summed E-state index contributed by atoms with van der Waals surface area (Å²) < 4.78 is 16.6. The second-order valence-electron chi connectivity index (χ2n) is 3.89. The van der Waals surface area contributed by atoms with E-state index in [0.717, 1.165) is 4.47 Å². The number of benzene rings is 1. The van der Waals surface area contributed by atoms with E-state index in [-0.39, 0.29) is 5.82 Å². The van der Waals surface area contributed by atoms with Crippen LogP contribution in [0.15, 0.2) is 34.9 Å². The van der Waals surface area contributed by atoms with E-state index in [4.69, 9.17) is 23.8 Å². The Morgan fingerprint density at radius 3 is 2.95 bits per heavy atom. The largest absolute Gasteiger partial charge is 0.329 e. The lowest BCUT2D eigenvalue weighted by Gasteiger charge is -2.06. The minimum atomic E-state index is -0.378. The highest BCUT2D eigenvalue weighted by atomic mass is 79.9. The van der Waals surface area contributed by atoms with Crippen LogP contribution in [-0.4, -0.2) is 14.5 Å². The minimum absolute atomic E-state index is 0.334. The summed E-state index contributed by atoms with van der Waals surface area (Å²) in [5.74, 6) is -0.378. The monoisotopic (exact) mass is 357 g/mol. The van der Waals surface area contributed by atoms with Gasteiger partial charge in [-0.15, -0.1) is 0 Å². The third kappa shape index (κ3) is 2.20. The second-order valence-corrected chi connectivity index (χ2v) is 5.62. The Morgan fingerprint density at radius 2 is 2.16 bits per heavy atom. The van der Waals surface area contributed by atoms with Crippen LogP contribution in [0.1, 0.15) is 0 Å². The van der Waals surface area contributed by atoms with E-state index in [2.05, 4.69) is 25.9 Å². The van der Waals surface area contributed by atoms with Gasteiger partial charge in [0, 0.05) is 10.7 Å². The first kappa shape index (κ1) is 12.8. The highest BCUT2D eigenvalue weighted by Crippen LogP contribution is 2.24. The molecule has 96 valence electrons. The van der Waals surface area contributed by atoms with E-state index in [1.807, 2.05) is 0 Å². The number of aromatic amines is 1. The molecule has 0 spiro atoms. The summed E-state index contributed by atoms with van der Waals surface area (Å²) in [6.45, 7) is 0. The Hall–Kier alpha value is -1.24. The standard InChI is InChI=1S/C12H6BrClFN3S/c13-6-1-2-8(15)10(3-6)18-11-9(17-12(18)19)4-7(14)5-16-11/h1-5H,(H,17,19). The lowest BCUT2D eigenvalue weighted by molar-refractivity contribution is 0.618. The number of nitrogens with one attached hydrogen (secondary N) is 1. The van der Waals surface area contributed by atoms with Crippen molar-refractivity contribution in [2.75, 3.05) is 0 Å². The zero-order valence-corrected chi connectivity index (χ0v) is 12.5. The van der Waals surface area contributed by atoms with Crippen LogP contribution in [0.5, 0.6) is 0 Å².